The number of amides is 2. The van der Waals surface area contributed by atoms with Gasteiger partial charge in [0.15, 0.2) is 0 Å². The number of halogens is 1. The first-order valence-electron chi connectivity index (χ1n) is 8.69. The summed E-state index contributed by atoms with van der Waals surface area (Å²) in [6.07, 6.45) is 1.67. The fourth-order valence-corrected chi connectivity index (χ4v) is 3.26. The van der Waals surface area contributed by atoms with Crippen LogP contribution in [0.3, 0.4) is 0 Å². The summed E-state index contributed by atoms with van der Waals surface area (Å²) >= 11 is 0. The molecule has 0 saturated carbocycles. The van der Waals surface area contributed by atoms with Crippen molar-refractivity contribution in [1.82, 2.24) is 4.90 Å². The molecule has 0 aliphatic carbocycles. The van der Waals surface area contributed by atoms with E-state index in [0.29, 0.717) is 6.54 Å². The van der Waals surface area contributed by atoms with E-state index in [1.165, 1.54) is 17.7 Å². The van der Waals surface area contributed by atoms with Crippen LogP contribution in [0.15, 0.2) is 48.5 Å². The Morgan fingerprint density at radius 2 is 1.96 bits per heavy atom. The fourth-order valence-electron chi connectivity index (χ4n) is 3.26. The van der Waals surface area contributed by atoms with Crippen molar-refractivity contribution in [1.29, 1.82) is 0 Å². The van der Waals surface area contributed by atoms with Crippen LogP contribution >= 0.6 is 0 Å². The lowest BCUT2D eigenvalue weighted by molar-refractivity contribution is -0.121. The highest BCUT2D eigenvalue weighted by Crippen LogP contribution is 2.22. The van der Waals surface area contributed by atoms with Gasteiger partial charge in [0.1, 0.15) is 5.82 Å². The summed E-state index contributed by atoms with van der Waals surface area (Å²) in [5.41, 5.74) is 6.57. The average Bonchev–Trinajstić information content (AvgIpc) is 2.64. The summed E-state index contributed by atoms with van der Waals surface area (Å²) in [5.74, 6) is -1.69. The molecule has 1 atom stereocenters. The van der Waals surface area contributed by atoms with E-state index < -0.39 is 11.7 Å². The fraction of sp³-hybridized carbons (Fsp3) is 0.300. The van der Waals surface area contributed by atoms with E-state index in [2.05, 4.69) is 22.3 Å². The number of nitrogens with two attached hydrogens (primary N) is 1. The molecule has 5 nitrogen and oxygen atoms in total. The maximum Gasteiger partial charge on any atom is 0.248 e. The summed E-state index contributed by atoms with van der Waals surface area (Å²) in [4.78, 5) is 26.1. The molecular formula is C20H22FN3O2. The van der Waals surface area contributed by atoms with E-state index in [4.69, 9.17) is 5.73 Å². The molecule has 136 valence electrons. The topological polar surface area (TPSA) is 75.4 Å². The van der Waals surface area contributed by atoms with E-state index in [1.807, 2.05) is 18.2 Å². The van der Waals surface area contributed by atoms with Crippen LogP contribution in [0.2, 0.25) is 0 Å². The van der Waals surface area contributed by atoms with E-state index in [-0.39, 0.29) is 23.1 Å². The number of primary amides is 1. The van der Waals surface area contributed by atoms with Crippen LogP contribution in [-0.2, 0) is 11.3 Å². The van der Waals surface area contributed by atoms with Gasteiger partial charge in [-0.3, -0.25) is 14.5 Å². The molecule has 26 heavy (non-hydrogen) atoms. The molecule has 1 saturated heterocycles. The Kier molecular flexibility index (Phi) is 5.63. The lowest BCUT2D eigenvalue weighted by Gasteiger charge is -2.32. The molecule has 1 aliphatic heterocycles. The molecule has 0 spiro atoms. The van der Waals surface area contributed by atoms with Crippen molar-refractivity contribution in [2.75, 3.05) is 18.4 Å². The maximum absolute atomic E-state index is 13.9. The van der Waals surface area contributed by atoms with Crippen LogP contribution in [0.1, 0.15) is 28.8 Å². The number of rotatable bonds is 5. The van der Waals surface area contributed by atoms with Gasteiger partial charge in [-0.05, 0) is 43.1 Å². The van der Waals surface area contributed by atoms with Crippen molar-refractivity contribution in [3.8, 4) is 0 Å². The second-order valence-electron chi connectivity index (χ2n) is 6.61. The Bertz CT molecular complexity index is 795. The molecule has 3 N–H and O–H groups in total. The molecule has 0 radical (unpaired) electrons. The van der Waals surface area contributed by atoms with Gasteiger partial charge in [0, 0.05) is 18.7 Å². The first kappa shape index (κ1) is 18.1. The van der Waals surface area contributed by atoms with E-state index >= 15 is 0 Å². The Labute approximate surface area is 152 Å². The van der Waals surface area contributed by atoms with Gasteiger partial charge >= 0.3 is 0 Å². The minimum absolute atomic E-state index is 0.00789. The number of nitrogens with zero attached hydrogens (tertiary/aromatic N) is 1. The first-order chi connectivity index (χ1) is 12.5. The van der Waals surface area contributed by atoms with Gasteiger partial charge in [-0.1, -0.05) is 30.3 Å². The molecule has 1 unspecified atom stereocenters. The average molecular weight is 355 g/mol. The molecule has 0 bridgehead atoms. The zero-order valence-corrected chi connectivity index (χ0v) is 14.5. The van der Waals surface area contributed by atoms with Gasteiger partial charge in [0.05, 0.1) is 11.6 Å². The molecule has 0 aromatic heterocycles. The Hall–Kier alpha value is -2.73. The Morgan fingerprint density at radius 3 is 2.69 bits per heavy atom. The second kappa shape index (κ2) is 8.10. The van der Waals surface area contributed by atoms with Gasteiger partial charge in [-0.25, -0.2) is 4.39 Å². The number of hydrogen-bond donors (Lipinski definition) is 2. The normalized spacial score (nSPS) is 17.7. The van der Waals surface area contributed by atoms with Crippen LogP contribution < -0.4 is 11.1 Å². The molecule has 1 heterocycles. The largest absolute Gasteiger partial charge is 0.366 e. The summed E-state index contributed by atoms with van der Waals surface area (Å²) in [6.45, 7) is 2.35. The van der Waals surface area contributed by atoms with Crippen LogP contribution in [0, 0.1) is 11.7 Å². The monoisotopic (exact) mass is 355 g/mol. The number of carbonyl (C=O) groups excluding carboxylic acids is 2. The van der Waals surface area contributed by atoms with Crippen LogP contribution in [0.25, 0.3) is 0 Å². The molecule has 2 aromatic carbocycles. The highest BCUT2D eigenvalue weighted by atomic mass is 19.1. The molecule has 6 heteroatoms. The third-order valence-electron chi connectivity index (χ3n) is 4.63. The van der Waals surface area contributed by atoms with Crippen LogP contribution in [-0.4, -0.2) is 29.8 Å². The minimum atomic E-state index is -0.660. The molecule has 3 rings (SSSR count). The molecule has 1 fully saturated rings. The number of likely N-dealkylation sites (tertiary alicyclic amines) is 1. The van der Waals surface area contributed by atoms with Crippen molar-refractivity contribution in [3.05, 3.63) is 65.5 Å². The van der Waals surface area contributed by atoms with Crippen LogP contribution in [0.4, 0.5) is 10.1 Å². The molecule has 1 aliphatic rings. The molecular weight excluding hydrogens is 333 g/mol. The third-order valence-corrected chi connectivity index (χ3v) is 4.63. The number of anilines is 1. The Balaban J connectivity index is 1.64. The van der Waals surface area contributed by atoms with Crippen molar-refractivity contribution < 1.29 is 14.0 Å². The summed E-state index contributed by atoms with van der Waals surface area (Å²) < 4.78 is 13.9. The predicted octanol–water partition coefficient (Wildman–Crippen LogP) is 2.78. The van der Waals surface area contributed by atoms with E-state index in [1.54, 1.807) is 0 Å². The lowest BCUT2D eigenvalue weighted by atomic mass is 9.96. The van der Waals surface area contributed by atoms with E-state index in [9.17, 15) is 14.0 Å². The molecule has 2 amide bonds. The quantitative estimate of drug-likeness (QED) is 0.866. The van der Waals surface area contributed by atoms with Gasteiger partial charge < -0.3 is 11.1 Å². The van der Waals surface area contributed by atoms with Crippen molar-refractivity contribution in [2.24, 2.45) is 11.7 Å². The van der Waals surface area contributed by atoms with Crippen molar-refractivity contribution >= 4 is 17.5 Å². The smallest absolute Gasteiger partial charge is 0.248 e. The van der Waals surface area contributed by atoms with Gasteiger partial charge in [0.2, 0.25) is 11.8 Å². The Morgan fingerprint density at radius 1 is 1.19 bits per heavy atom. The standard InChI is InChI=1S/C20H22FN3O2/c21-17-9-8-15(19(22)25)11-18(17)23-20(26)16-7-4-10-24(13-16)12-14-5-2-1-3-6-14/h1-3,5-6,8-9,11,16H,4,7,10,12-13H2,(H2,22,25)(H,23,26). The first-order valence-corrected chi connectivity index (χ1v) is 8.69. The minimum Gasteiger partial charge on any atom is -0.366 e. The summed E-state index contributed by atoms with van der Waals surface area (Å²) in [5, 5.41) is 2.61. The van der Waals surface area contributed by atoms with Crippen molar-refractivity contribution in [3.63, 3.8) is 0 Å². The molecule has 2 aromatic rings. The zero-order chi connectivity index (χ0) is 18.5. The highest BCUT2D eigenvalue weighted by molar-refractivity contribution is 5.97. The lowest BCUT2D eigenvalue weighted by Crippen LogP contribution is -2.40. The SMILES string of the molecule is NC(=O)c1ccc(F)c(NC(=O)C2CCCN(Cc3ccccc3)C2)c1. The number of benzene rings is 2. The maximum atomic E-state index is 13.9. The zero-order valence-electron chi connectivity index (χ0n) is 14.5. The van der Waals surface area contributed by atoms with Gasteiger partial charge in [0.25, 0.3) is 0 Å². The number of carbonyl (C=O) groups is 2. The van der Waals surface area contributed by atoms with Crippen LogP contribution in [0.5, 0.6) is 0 Å². The van der Waals surface area contributed by atoms with Crippen molar-refractivity contribution in [2.45, 2.75) is 19.4 Å². The summed E-state index contributed by atoms with van der Waals surface area (Å²) in [7, 11) is 0. The summed E-state index contributed by atoms with van der Waals surface area (Å²) in [6, 6.07) is 13.8. The third kappa shape index (κ3) is 4.46. The van der Waals surface area contributed by atoms with Gasteiger partial charge in [-0.2, -0.15) is 0 Å². The number of hydrogen-bond acceptors (Lipinski definition) is 3. The highest BCUT2D eigenvalue weighted by Gasteiger charge is 2.26. The van der Waals surface area contributed by atoms with Gasteiger partial charge in [-0.15, -0.1) is 0 Å². The number of piperidine rings is 1. The second-order valence-corrected chi connectivity index (χ2v) is 6.61. The predicted molar refractivity (Wildman–Crippen MR) is 98.0 cm³/mol. The number of nitrogens with one attached hydrogen (secondary N) is 1. The van der Waals surface area contributed by atoms with E-state index in [0.717, 1.165) is 32.0 Å².